The molecule has 0 atom stereocenters. The number of aromatic nitrogens is 3. The summed E-state index contributed by atoms with van der Waals surface area (Å²) >= 11 is 0. The van der Waals surface area contributed by atoms with Crippen LogP contribution in [0.5, 0.6) is 11.5 Å². The van der Waals surface area contributed by atoms with Crippen LogP contribution in [-0.2, 0) is 6.54 Å². The Bertz CT molecular complexity index is 1210. The third-order valence-corrected chi connectivity index (χ3v) is 4.41. The normalized spacial score (nSPS) is 10.4. The number of primary amides is 1. The van der Waals surface area contributed by atoms with Crippen molar-refractivity contribution in [3.8, 4) is 22.8 Å². The number of ether oxygens (including phenoxy) is 1. The van der Waals surface area contributed by atoms with E-state index in [4.69, 9.17) is 16.2 Å². The van der Waals surface area contributed by atoms with Crippen molar-refractivity contribution in [2.75, 3.05) is 11.1 Å². The molecule has 160 valence electrons. The number of carbonyl (C=O) groups excluding carboxylic acids is 1. The summed E-state index contributed by atoms with van der Waals surface area (Å²) in [5.74, 6) is 2.01. The maximum atomic E-state index is 10.9. The minimum Gasteiger partial charge on any atom is -0.457 e. The lowest BCUT2D eigenvalue weighted by Crippen LogP contribution is -2.28. The van der Waals surface area contributed by atoms with Crippen molar-refractivity contribution >= 4 is 23.5 Å². The van der Waals surface area contributed by atoms with Crippen LogP contribution in [0.3, 0.4) is 0 Å². The summed E-state index contributed by atoms with van der Waals surface area (Å²) < 4.78 is 5.87. The van der Waals surface area contributed by atoms with Gasteiger partial charge in [-0.1, -0.05) is 30.3 Å². The van der Waals surface area contributed by atoms with Crippen molar-refractivity contribution in [3.05, 3.63) is 84.7 Å². The van der Waals surface area contributed by atoms with Gasteiger partial charge in [-0.05, 0) is 30.3 Å². The van der Waals surface area contributed by atoms with Gasteiger partial charge in [0.05, 0.1) is 17.9 Å². The largest absolute Gasteiger partial charge is 0.457 e. The summed E-state index contributed by atoms with van der Waals surface area (Å²) in [6.45, 7) is 0.225. The highest BCUT2D eigenvalue weighted by atomic mass is 16.5. The maximum absolute atomic E-state index is 10.9. The number of urea groups is 1. The minimum atomic E-state index is -0.609. The minimum absolute atomic E-state index is 0.188. The van der Waals surface area contributed by atoms with Crippen molar-refractivity contribution < 1.29 is 9.53 Å². The SMILES string of the molecule is NC(=O)NCc1cc(Oc2ccc(Nc3cc(-c4ccccc4)nc(N)n3)cc2)ccn1. The number of nitrogen functional groups attached to an aromatic ring is 1. The molecule has 0 radical (unpaired) electrons. The zero-order valence-electron chi connectivity index (χ0n) is 17.0. The molecule has 32 heavy (non-hydrogen) atoms. The standard InChI is InChI=1S/C23H21N7O2/c24-22-29-20(15-4-2-1-3-5-15)13-21(30-22)28-16-6-8-18(9-7-16)32-19-10-11-26-17(12-19)14-27-23(25)31/h1-13H,14H2,(H3,25,27,31)(H3,24,28,29,30). The second-order valence-electron chi connectivity index (χ2n) is 6.81. The highest BCUT2D eigenvalue weighted by molar-refractivity contribution is 5.71. The van der Waals surface area contributed by atoms with Crippen LogP contribution in [0.4, 0.5) is 22.2 Å². The highest BCUT2D eigenvalue weighted by Gasteiger charge is 2.06. The summed E-state index contributed by atoms with van der Waals surface area (Å²) in [5, 5.41) is 5.73. The molecule has 4 aromatic rings. The first-order valence-electron chi connectivity index (χ1n) is 9.78. The van der Waals surface area contributed by atoms with Crippen LogP contribution in [-0.4, -0.2) is 21.0 Å². The fourth-order valence-electron chi connectivity index (χ4n) is 2.97. The molecule has 6 N–H and O–H groups in total. The summed E-state index contributed by atoms with van der Waals surface area (Å²) in [6.07, 6.45) is 1.60. The number of rotatable bonds is 7. The van der Waals surface area contributed by atoms with Gasteiger partial charge in [0.25, 0.3) is 0 Å². The van der Waals surface area contributed by atoms with Gasteiger partial charge in [-0.25, -0.2) is 9.78 Å². The van der Waals surface area contributed by atoms with Crippen LogP contribution in [0.2, 0.25) is 0 Å². The van der Waals surface area contributed by atoms with E-state index in [2.05, 4.69) is 25.6 Å². The first kappa shape index (κ1) is 20.6. The van der Waals surface area contributed by atoms with E-state index in [1.165, 1.54) is 0 Å². The Kier molecular flexibility index (Phi) is 6.08. The molecule has 2 aromatic heterocycles. The van der Waals surface area contributed by atoms with Crippen molar-refractivity contribution in [1.29, 1.82) is 0 Å². The number of hydrogen-bond donors (Lipinski definition) is 4. The lowest BCUT2D eigenvalue weighted by molar-refractivity contribution is 0.248. The van der Waals surface area contributed by atoms with Crippen LogP contribution in [0.1, 0.15) is 5.69 Å². The first-order valence-corrected chi connectivity index (χ1v) is 9.78. The predicted molar refractivity (Wildman–Crippen MR) is 122 cm³/mol. The maximum Gasteiger partial charge on any atom is 0.312 e. The van der Waals surface area contributed by atoms with E-state index in [0.29, 0.717) is 23.0 Å². The molecule has 0 fully saturated rings. The summed E-state index contributed by atoms with van der Waals surface area (Å²) in [6, 6.07) is 21.8. The number of carbonyl (C=O) groups is 1. The monoisotopic (exact) mass is 427 g/mol. The van der Waals surface area contributed by atoms with Crippen LogP contribution >= 0.6 is 0 Å². The Morgan fingerprint density at radius 2 is 1.72 bits per heavy atom. The first-order chi connectivity index (χ1) is 15.5. The van der Waals surface area contributed by atoms with Gasteiger partial charge in [0.1, 0.15) is 17.3 Å². The Balaban J connectivity index is 1.44. The van der Waals surface area contributed by atoms with Gasteiger partial charge in [-0.3, -0.25) is 4.98 Å². The fraction of sp³-hybridized carbons (Fsp3) is 0.0435. The molecular formula is C23H21N7O2. The molecule has 0 aliphatic heterocycles. The second-order valence-corrected chi connectivity index (χ2v) is 6.81. The van der Waals surface area contributed by atoms with E-state index in [1.54, 1.807) is 18.3 Å². The Labute approximate surface area is 184 Å². The lowest BCUT2D eigenvalue weighted by Gasteiger charge is -2.10. The quantitative estimate of drug-likeness (QED) is 0.351. The molecule has 0 aliphatic rings. The molecule has 0 bridgehead atoms. The van der Waals surface area contributed by atoms with Crippen LogP contribution in [0, 0.1) is 0 Å². The number of nitrogens with two attached hydrogens (primary N) is 2. The van der Waals surface area contributed by atoms with Gasteiger partial charge in [0.15, 0.2) is 0 Å². The molecule has 2 amide bonds. The van der Waals surface area contributed by atoms with Crippen molar-refractivity contribution in [2.45, 2.75) is 6.54 Å². The molecule has 0 unspecified atom stereocenters. The second kappa shape index (κ2) is 9.43. The number of benzene rings is 2. The van der Waals surface area contributed by atoms with E-state index in [1.807, 2.05) is 60.7 Å². The molecule has 4 rings (SSSR count). The molecule has 0 spiro atoms. The number of hydrogen-bond acceptors (Lipinski definition) is 7. The number of pyridine rings is 1. The average molecular weight is 427 g/mol. The van der Waals surface area contributed by atoms with Gasteiger partial charge in [0, 0.05) is 29.6 Å². The zero-order chi connectivity index (χ0) is 22.3. The van der Waals surface area contributed by atoms with E-state index < -0.39 is 6.03 Å². The third-order valence-electron chi connectivity index (χ3n) is 4.41. The number of nitrogens with one attached hydrogen (secondary N) is 2. The highest BCUT2D eigenvalue weighted by Crippen LogP contribution is 2.26. The Morgan fingerprint density at radius 3 is 2.47 bits per heavy atom. The molecule has 9 nitrogen and oxygen atoms in total. The molecule has 0 aliphatic carbocycles. The predicted octanol–water partition coefficient (Wildman–Crippen LogP) is 3.83. The van der Waals surface area contributed by atoms with Gasteiger partial charge in [0.2, 0.25) is 5.95 Å². The van der Waals surface area contributed by atoms with Crippen molar-refractivity contribution in [1.82, 2.24) is 20.3 Å². The van der Waals surface area contributed by atoms with Crippen LogP contribution < -0.4 is 26.8 Å². The number of anilines is 3. The van der Waals surface area contributed by atoms with E-state index in [9.17, 15) is 4.79 Å². The van der Waals surface area contributed by atoms with Crippen LogP contribution in [0.25, 0.3) is 11.3 Å². The summed E-state index contributed by atoms with van der Waals surface area (Å²) in [4.78, 5) is 23.6. The van der Waals surface area contributed by atoms with Crippen molar-refractivity contribution in [3.63, 3.8) is 0 Å². The van der Waals surface area contributed by atoms with Gasteiger partial charge in [-0.2, -0.15) is 4.98 Å². The molecule has 2 heterocycles. The lowest BCUT2D eigenvalue weighted by atomic mass is 10.1. The molecule has 0 saturated carbocycles. The van der Waals surface area contributed by atoms with Gasteiger partial charge >= 0.3 is 6.03 Å². The van der Waals surface area contributed by atoms with Gasteiger partial charge < -0.3 is 26.8 Å². The Morgan fingerprint density at radius 1 is 0.938 bits per heavy atom. The summed E-state index contributed by atoms with van der Waals surface area (Å²) in [5.41, 5.74) is 14.1. The summed E-state index contributed by atoms with van der Waals surface area (Å²) in [7, 11) is 0. The Hall–Kier alpha value is -4.66. The number of nitrogens with zero attached hydrogens (tertiary/aromatic N) is 3. The topological polar surface area (TPSA) is 141 Å². The van der Waals surface area contributed by atoms with E-state index in [0.717, 1.165) is 16.9 Å². The molecule has 2 aromatic carbocycles. The van der Waals surface area contributed by atoms with Crippen molar-refractivity contribution in [2.24, 2.45) is 5.73 Å². The number of amides is 2. The fourth-order valence-corrected chi connectivity index (χ4v) is 2.97. The van der Waals surface area contributed by atoms with Gasteiger partial charge in [-0.15, -0.1) is 0 Å². The molecule has 9 heteroatoms. The zero-order valence-corrected chi connectivity index (χ0v) is 17.0. The molecular weight excluding hydrogens is 406 g/mol. The molecule has 0 saturated heterocycles. The van der Waals surface area contributed by atoms with Crippen LogP contribution in [0.15, 0.2) is 79.0 Å². The third kappa shape index (κ3) is 5.48. The smallest absolute Gasteiger partial charge is 0.312 e. The average Bonchev–Trinajstić information content (AvgIpc) is 2.79. The van der Waals surface area contributed by atoms with E-state index in [-0.39, 0.29) is 12.5 Å². The van der Waals surface area contributed by atoms with E-state index >= 15 is 0 Å².